The first-order valence-corrected chi connectivity index (χ1v) is 9.28. The molecule has 1 atom stereocenters. The third-order valence-electron chi connectivity index (χ3n) is 4.51. The molecule has 2 amide bonds. The van der Waals surface area contributed by atoms with Gasteiger partial charge in [-0.25, -0.2) is 4.79 Å². The van der Waals surface area contributed by atoms with E-state index in [1.54, 1.807) is 13.8 Å². The van der Waals surface area contributed by atoms with E-state index in [2.05, 4.69) is 5.32 Å². The summed E-state index contributed by atoms with van der Waals surface area (Å²) in [5.74, 6) is -1.25. The van der Waals surface area contributed by atoms with Crippen molar-refractivity contribution in [1.29, 1.82) is 0 Å². The molecule has 1 heterocycles. The summed E-state index contributed by atoms with van der Waals surface area (Å²) in [4.78, 5) is 39.0. The summed E-state index contributed by atoms with van der Waals surface area (Å²) < 4.78 is 5.25. The molecule has 0 saturated heterocycles. The molecule has 1 aromatic carbocycles. The van der Waals surface area contributed by atoms with E-state index >= 15 is 0 Å². The molecule has 1 aliphatic heterocycles. The highest BCUT2D eigenvalue weighted by molar-refractivity contribution is 5.97. The second-order valence-corrected chi connectivity index (χ2v) is 7.09. The molecule has 6 heteroatoms. The second-order valence-electron chi connectivity index (χ2n) is 7.09. The Morgan fingerprint density at radius 2 is 2.00 bits per heavy atom. The number of ether oxygens (including phenoxy) is 1. The van der Waals surface area contributed by atoms with Crippen LogP contribution in [0.3, 0.4) is 0 Å². The minimum absolute atomic E-state index is 0.0220. The van der Waals surface area contributed by atoms with Crippen molar-refractivity contribution in [2.45, 2.75) is 53.0 Å². The predicted octanol–water partition coefficient (Wildman–Crippen LogP) is 2.67. The summed E-state index contributed by atoms with van der Waals surface area (Å²) in [7, 11) is 0. The standard InChI is InChI=1S/C21H28N2O4/c1-6-27-21(26)20-15(5)23(12-18(24)22-13(2)3)19(25)11-17(20)16-9-7-8-14(4)10-16/h7-10,13,17H,6,11-12H2,1-5H3,(H,22,24). The molecule has 2 rings (SSSR count). The molecule has 0 aromatic heterocycles. The molecule has 1 aromatic rings. The van der Waals surface area contributed by atoms with Crippen molar-refractivity contribution >= 4 is 17.8 Å². The zero-order valence-corrected chi connectivity index (χ0v) is 16.7. The van der Waals surface area contributed by atoms with E-state index in [0.29, 0.717) is 11.3 Å². The van der Waals surface area contributed by atoms with Crippen molar-refractivity contribution in [2.24, 2.45) is 0 Å². The van der Waals surface area contributed by atoms with Gasteiger partial charge in [0.25, 0.3) is 0 Å². The lowest BCUT2D eigenvalue weighted by Crippen LogP contribution is -2.45. The Morgan fingerprint density at radius 3 is 2.59 bits per heavy atom. The van der Waals surface area contributed by atoms with Gasteiger partial charge in [0.1, 0.15) is 6.54 Å². The molecule has 0 bridgehead atoms. The molecular formula is C21H28N2O4. The van der Waals surface area contributed by atoms with Gasteiger partial charge in [-0.05, 0) is 40.2 Å². The van der Waals surface area contributed by atoms with Crippen molar-refractivity contribution in [3.05, 3.63) is 46.7 Å². The molecule has 146 valence electrons. The van der Waals surface area contributed by atoms with Crippen LogP contribution >= 0.6 is 0 Å². The fraction of sp³-hybridized carbons (Fsp3) is 0.476. The second kappa shape index (κ2) is 8.84. The maximum absolute atomic E-state index is 12.8. The zero-order chi connectivity index (χ0) is 20.1. The summed E-state index contributed by atoms with van der Waals surface area (Å²) in [6.07, 6.45) is 0.129. The molecule has 27 heavy (non-hydrogen) atoms. The van der Waals surface area contributed by atoms with Crippen molar-refractivity contribution in [1.82, 2.24) is 10.2 Å². The van der Waals surface area contributed by atoms with Crippen molar-refractivity contribution in [2.75, 3.05) is 13.2 Å². The number of nitrogens with zero attached hydrogens (tertiary/aromatic N) is 1. The first-order valence-electron chi connectivity index (χ1n) is 9.28. The summed E-state index contributed by atoms with van der Waals surface area (Å²) in [6.45, 7) is 9.28. The zero-order valence-electron chi connectivity index (χ0n) is 16.7. The number of amides is 2. The highest BCUT2D eigenvalue weighted by Crippen LogP contribution is 2.37. The minimum atomic E-state index is -0.441. The van der Waals surface area contributed by atoms with Gasteiger partial charge >= 0.3 is 5.97 Å². The average Bonchev–Trinajstić information content (AvgIpc) is 2.57. The van der Waals surface area contributed by atoms with Crippen LogP contribution < -0.4 is 5.32 Å². The van der Waals surface area contributed by atoms with Crippen LogP contribution in [0, 0.1) is 6.92 Å². The summed E-state index contributed by atoms with van der Waals surface area (Å²) in [5, 5.41) is 2.78. The third-order valence-corrected chi connectivity index (χ3v) is 4.51. The molecule has 1 N–H and O–H groups in total. The Bertz CT molecular complexity index is 767. The number of benzene rings is 1. The van der Waals surface area contributed by atoms with Gasteiger partial charge in [-0.3, -0.25) is 9.59 Å². The lowest BCUT2D eigenvalue weighted by atomic mass is 9.83. The van der Waals surface area contributed by atoms with Crippen molar-refractivity contribution in [3.8, 4) is 0 Å². The van der Waals surface area contributed by atoms with Crippen LogP contribution in [0.1, 0.15) is 51.2 Å². The number of allylic oxidation sites excluding steroid dienone is 1. The fourth-order valence-electron chi connectivity index (χ4n) is 3.36. The number of rotatable bonds is 6. The van der Waals surface area contributed by atoms with Crippen molar-refractivity contribution < 1.29 is 19.1 Å². The number of nitrogens with one attached hydrogen (secondary N) is 1. The van der Waals surface area contributed by atoms with E-state index in [1.165, 1.54) is 4.90 Å². The summed E-state index contributed by atoms with van der Waals surface area (Å²) in [6, 6.07) is 7.75. The van der Waals surface area contributed by atoms with Crippen LogP contribution in [0.2, 0.25) is 0 Å². The number of esters is 1. The van der Waals surface area contributed by atoms with Crippen molar-refractivity contribution in [3.63, 3.8) is 0 Å². The van der Waals surface area contributed by atoms with Gasteiger partial charge in [-0.15, -0.1) is 0 Å². The Kier molecular flexibility index (Phi) is 6.77. The molecule has 1 aliphatic rings. The van der Waals surface area contributed by atoms with E-state index in [0.717, 1.165) is 11.1 Å². The van der Waals surface area contributed by atoms with Crippen LogP contribution in [0.15, 0.2) is 35.5 Å². The number of hydrogen-bond donors (Lipinski definition) is 1. The van der Waals surface area contributed by atoms with Gasteiger partial charge in [0.15, 0.2) is 0 Å². The maximum Gasteiger partial charge on any atom is 0.336 e. The first-order chi connectivity index (χ1) is 12.7. The maximum atomic E-state index is 12.8. The van der Waals surface area contributed by atoms with Gasteiger partial charge in [0.2, 0.25) is 11.8 Å². The lowest BCUT2D eigenvalue weighted by molar-refractivity contribution is -0.141. The van der Waals surface area contributed by atoms with Crippen LogP contribution in [-0.4, -0.2) is 41.9 Å². The van der Waals surface area contributed by atoms with Crippen LogP contribution in [0.25, 0.3) is 0 Å². The molecule has 1 unspecified atom stereocenters. The molecule has 0 fully saturated rings. The average molecular weight is 372 g/mol. The van der Waals surface area contributed by atoms with Gasteiger partial charge in [0.05, 0.1) is 12.2 Å². The van der Waals surface area contributed by atoms with E-state index in [1.807, 2.05) is 45.0 Å². The quantitative estimate of drug-likeness (QED) is 0.779. The third kappa shape index (κ3) is 4.96. The Labute approximate surface area is 160 Å². The van der Waals surface area contributed by atoms with Gasteiger partial charge < -0.3 is 15.0 Å². The lowest BCUT2D eigenvalue weighted by Gasteiger charge is -2.34. The molecule has 0 saturated carbocycles. The highest BCUT2D eigenvalue weighted by Gasteiger charge is 2.37. The van der Waals surface area contributed by atoms with E-state index in [9.17, 15) is 14.4 Å². The minimum Gasteiger partial charge on any atom is -0.463 e. The Hall–Kier alpha value is -2.63. The summed E-state index contributed by atoms with van der Waals surface area (Å²) in [5.41, 5.74) is 2.88. The molecular weight excluding hydrogens is 344 g/mol. The normalized spacial score (nSPS) is 17.3. The van der Waals surface area contributed by atoms with Crippen LogP contribution in [0.5, 0.6) is 0 Å². The fourth-order valence-corrected chi connectivity index (χ4v) is 3.36. The van der Waals surface area contributed by atoms with E-state index in [-0.39, 0.29) is 43.3 Å². The number of carbonyl (C=O) groups is 3. The van der Waals surface area contributed by atoms with Gasteiger partial charge in [-0.2, -0.15) is 0 Å². The number of hydrogen-bond acceptors (Lipinski definition) is 4. The number of carbonyl (C=O) groups excluding carboxylic acids is 3. The molecule has 0 aliphatic carbocycles. The topological polar surface area (TPSA) is 75.7 Å². The SMILES string of the molecule is CCOC(=O)C1=C(C)N(CC(=O)NC(C)C)C(=O)CC1c1cccc(C)c1. The van der Waals surface area contributed by atoms with Gasteiger partial charge in [-0.1, -0.05) is 29.8 Å². The Morgan fingerprint density at radius 1 is 1.30 bits per heavy atom. The van der Waals surface area contributed by atoms with Crippen LogP contribution in [0.4, 0.5) is 0 Å². The van der Waals surface area contributed by atoms with Gasteiger partial charge in [0, 0.05) is 24.1 Å². The van der Waals surface area contributed by atoms with Crippen LogP contribution in [-0.2, 0) is 19.1 Å². The molecule has 0 spiro atoms. The molecule has 0 radical (unpaired) electrons. The first kappa shape index (κ1) is 20.7. The smallest absolute Gasteiger partial charge is 0.336 e. The Balaban J connectivity index is 2.44. The monoisotopic (exact) mass is 372 g/mol. The predicted molar refractivity (Wildman–Crippen MR) is 103 cm³/mol. The highest BCUT2D eigenvalue weighted by atomic mass is 16.5. The summed E-state index contributed by atoms with van der Waals surface area (Å²) >= 11 is 0. The van der Waals surface area contributed by atoms with E-state index < -0.39 is 5.97 Å². The molecule has 6 nitrogen and oxygen atoms in total. The van der Waals surface area contributed by atoms with E-state index in [4.69, 9.17) is 4.74 Å². The largest absolute Gasteiger partial charge is 0.463 e. The number of aryl methyl sites for hydroxylation is 1.